The summed E-state index contributed by atoms with van der Waals surface area (Å²) in [5.41, 5.74) is 25.9. The first-order chi connectivity index (χ1) is 33.4. The Bertz CT molecular complexity index is 3500. The van der Waals surface area contributed by atoms with E-state index in [1.165, 1.54) is 121 Å². The van der Waals surface area contributed by atoms with Gasteiger partial charge in [-0.2, -0.15) is 0 Å². The Morgan fingerprint density at radius 3 is 1.35 bits per heavy atom. The number of fused-ring (bicyclic) bond motifs is 14. The van der Waals surface area contributed by atoms with Crippen LogP contribution < -0.4 is 26.2 Å². The third kappa shape index (κ3) is 6.72. The van der Waals surface area contributed by atoms with Crippen LogP contribution in [-0.4, -0.2) is 6.71 Å². The largest absolute Gasteiger partial charge is 0.311 e. The molecule has 71 heavy (non-hydrogen) atoms. The predicted octanol–water partition coefficient (Wildman–Crippen LogP) is 16.7. The van der Waals surface area contributed by atoms with E-state index in [2.05, 4.69) is 259 Å². The normalized spacial score (nSPS) is 16.6. The minimum absolute atomic E-state index is 0.0215. The molecule has 0 saturated heterocycles. The molecule has 7 aromatic carbocycles. The molecule has 1 unspecified atom stereocenters. The third-order valence-electron chi connectivity index (χ3n) is 16.4. The molecule has 2 aliphatic carbocycles. The van der Waals surface area contributed by atoms with Crippen LogP contribution in [0, 0.1) is 0 Å². The van der Waals surface area contributed by atoms with Crippen molar-refractivity contribution < 1.29 is 0 Å². The van der Waals surface area contributed by atoms with Crippen molar-refractivity contribution in [1.29, 1.82) is 0 Å². The number of hydrogen-bond acceptors (Lipinski definition) is 3. The second kappa shape index (κ2) is 15.0. The topological polar surface area (TPSA) is 6.48 Å². The maximum atomic E-state index is 2.70. The smallest absolute Gasteiger partial charge is 0.252 e. The zero-order chi connectivity index (χ0) is 50.1. The maximum Gasteiger partial charge on any atom is 0.252 e. The van der Waals surface area contributed by atoms with Gasteiger partial charge in [0, 0.05) is 43.9 Å². The molecular weight excluding hydrogens is 876 g/mol. The average Bonchev–Trinajstić information content (AvgIpc) is 3.96. The van der Waals surface area contributed by atoms with Crippen LogP contribution in [-0.2, 0) is 32.5 Å². The molecule has 4 heteroatoms. The summed E-state index contributed by atoms with van der Waals surface area (Å²) in [5.74, 6) is 0. The molecule has 1 atom stereocenters. The van der Waals surface area contributed by atoms with Crippen LogP contribution >= 0.6 is 11.3 Å². The van der Waals surface area contributed by atoms with Crippen LogP contribution in [0.4, 0.5) is 34.1 Å². The Labute approximate surface area is 428 Å². The number of nitrogens with zero attached hydrogens (tertiary/aromatic N) is 2. The van der Waals surface area contributed by atoms with E-state index in [1.807, 2.05) is 11.3 Å². The highest BCUT2D eigenvalue weighted by Crippen LogP contribution is 2.65. The Morgan fingerprint density at radius 2 is 0.831 bits per heavy atom. The van der Waals surface area contributed by atoms with Crippen LogP contribution in [0.3, 0.4) is 0 Å². The molecule has 0 radical (unpaired) electrons. The summed E-state index contributed by atoms with van der Waals surface area (Å²) in [6, 6.07) is 58.1. The van der Waals surface area contributed by atoms with Crippen LogP contribution in [0.2, 0.25) is 0 Å². The van der Waals surface area contributed by atoms with Crippen LogP contribution in [0.25, 0.3) is 21.6 Å². The molecular formula is C67H69BN2S. The van der Waals surface area contributed by atoms with E-state index in [0.717, 1.165) is 0 Å². The summed E-state index contributed by atoms with van der Waals surface area (Å²) in [4.78, 5) is 8.12. The molecule has 4 aliphatic rings. The first-order valence-corrected chi connectivity index (χ1v) is 26.9. The highest BCUT2D eigenvalue weighted by Gasteiger charge is 2.55. The standard InChI is InChI=1S/C67H69BN2S/c1-62(2,3)40-24-29-44(30-25-40)69-55-34-42(64(7,8)9)28-33-53(55)68-54-38-51-48(46-20-16-18-22-49(46)67(51)50-23-19-17-21-47(50)61-52(67)39-59(71-61)66(13,14)15)37-56(54)70(45-31-26-41(27-32-45)63(4,5)6)58-36-43(65(10,11)12)35-57(69)60(58)68/h16-39H,1-15H3. The van der Waals surface area contributed by atoms with Gasteiger partial charge in [-0.05, 0) is 159 Å². The van der Waals surface area contributed by atoms with Crippen LogP contribution in [0.5, 0.6) is 0 Å². The van der Waals surface area contributed by atoms with Crippen molar-refractivity contribution in [1.82, 2.24) is 0 Å². The van der Waals surface area contributed by atoms with Crippen molar-refractivity contribution in [3.8, 4) is 21.6 Å². The SMILES string of the molecule is CC(C)(C)c1ccc(N2c3cc(C(C)(C)C)ccc3B3c4cc5c(cc4N(c4ccc(C(C)(C)C)cc4)c4cc(C(C)(C)C)cc2c43)-c2ccccc2C52c3ccccc3-c3sc(C(C)(C)C)cc32)cc1. The molecule has 3 heterocycles. The van der Waals surface area contributed by atoms with Crippen molar-refractivity contribution in [2.75, 3.05) is 9.80 Å². The van der Waals surface area contributed by atoms with Crippen molar-refractivity contribution in [2.24, 2.45) is 0 Å². The van der Waals surface area contributed by atoms with Gasteiger partial charge in [-0.3, -0.25) is 0 Å². The molecule has 1 aromatic heterocycles. The third-order valence-corrected chi connectivity index (χ3v) is 18.0. The molecule has 0 saturated carbocycles. The van der Waals surface area contributed by atoms with Crippen molar-refractivity contribution >= 4 is 68.6 Å². The molecule has 2 aliphatic heterocycles. The molecule has 1 spiro atoms. The molecule has 0 fully saturated rings. The van der Waals surface area contributed by atoms with Gasteiger partial charge in [0.05, 0.1) is 5.41 Å². The summed E-state index contributed by atoms with van der Waals surface area (Å²) < 4.78 is 0. The fourth-order valence-electron chi connectivity index (χ4n) is 12.4. The lowest BCUT2D eigenvalue weighted by atomic mass is 9.33. The first kappa shape index (κ1) is 46.0. The van der Waals surface area contributed by atoms with E-state index in [1.54, 1.807) is 0 Å². The molecule has 2 nitrogen and oxygen atoms in total. The summed E-state index contributed by atoms with van der Waals surface area (Å²) in [5, 5.41) is 0. The monoisotopic (exact) mass is 945 g/mol. The number of rotatable bonds is 2. The molecule has 8 aromatic rings. The summed E-state index contributed by atoms with van der Waals surface area (Å²) in [6.45, 7) is 35.2. The quantitative estimate of drug-likeness (QED) is 0.159. The van der Waals surface area contributed by atoms with Gasteiger partial charge in [0.25, 0.3) is 6.71 Å². The van der Waals surface area contributed by atoms with E-state index >= 15 is 0 Å². The van der Waals surface area contributed by atoms with E-state index in [0.29, 0.717) is 0 Å². The van der Waals surface area contributed by atoms with Crippen molar-refractivity contribution in [2.45, 2.75) is 136 Å². The van der Waals surface area contributed by atoms with Crippen LogP contribution in [0.15, 0.2) is 146 Å². The summed E-state index contributed by atoms with van der Waals surface area (Å²) in [6.07, 6.45) is 0. The van der Waals surface area contributed by atoms with Gasteiger partial charge in [-0.1, -0.05) is 195 Å². The van der Waals surface area contributed by atoms with Gasteiger partial charge in [0.2, 0.25) is 0 Å². The number of anilines is 6. The van der Waals surface area contributed by atoms with E-state index < -0.39 is 5.41 Å². The van der Waals surface area contributed by atoms with Gasteiger partial charge in [-0.25, -0.2) is 0 Å². The predicted molar refractivity (Wildman–Crippen MR) is 308 cm³/mol. The maximum absolute atomic E-state index is 2.70. The van der Waals surface area contributed by atoms with Gasteiger partial charge in [-0.15, -0.1) is 11.3 Å². The lowest BCUT2D eigenvalue weighted by Crippen LogP contribution is -2.61. The molecule has 0 bridgehead atoms. The molecule has 0 amide bonds. The number of benzene rings is 7. The molecule has 356 valence electrons. The number of hydrogen-bond donors (Lipinski definition) is 0. The summed E-state index contributed by atoms with van der Waals surface area (Å²) >= 11 is 2.00. The second-order valence-corrected chi connectivity index (χ2v) is 27.4. The number of thiophene rings is 1. The van der Waals surface area contributed by atoms with E-state index in [4.69, 9.17) is 0 Å². The van der Waals surface area contributed by atoms with E-state index in [9.17, 15) is 0 Å². The highest BCUT2D eigenvalue weighted by molar-refractivity contribution is 7.16. The Hall–Kier alpha value is -6.10. The van der Waals surface area contributed by atoms with Gasteiger partial charge in [0.15, 0.2) is 0 Å². The van der Waals surface area contributed by atoms with E-state index in [-0.39, 0.29) is 33.8 Å². The Balaban J connectivity index is 1.22. The Morgan fingerprint density at radius 1 is 0.366 bits per heavy atom. The zero-order valence-electron chi connectivity index (χ0n) is 44.7. The lowest BCUT2D eigenvalue weighted by molar-refractivity contribution is 0.589. The lowest BCUT2D eigenvalue weighted by Gasteiger charge is -2.46. The minimum Gasteiger partial charge on any atom is -0.311 e. The van der Waals surface area contributed by atoms with Gasteiger partial charge >= 0.3 is 0 Å². The molecule has 0 N–H and O–H groups in total. The van der Waals surface area contributed by atoms with Crippen molar-refractivity contribution in [3.63, 3.8) is 0 Å². The van der Waals surface area contributed by atoms with Crippen molar-refractivity contribution in [3.05, 3.63) is 195 Å². The van der Waals surface area contributed by atoms with Gasteiger partial charge in [0.1, 0.15) is 0 Å². The first-order valence-electron chi connectivity index (χ1n) is 26.0. The fraction of sp³-hybridized carbons (Fsp3) is 0.313. The average molecular weight is 945 g/mol. The highest BCUT2D eigenvalue weighted by atomic mass is 32.1. The second-order valence-electron chi connectivity index (χ2n) is 26.3. The minimum atomic E-state index is -0.459. The summed E-state index contributed by atoms with van der Waals surface area (Å²) in [7, 11) is 0. The van der Waals surface area contributed by atoms with Crippen LogP contribution in [0.1, 0.15) is 153 Å². The van der Waals surface area contributed by atoms with Gasteiger partial charge < -0.3 is 9.80 Å². The Kier molecular flexibility index (Phi) is 9.71. The molecule has 12 rings (SSSR count). The zero-order valence-corrected chi connectivity index (χ0v) is 45.6. The fourth-order valence-corrected chi connectivity index (χ4v) is 13.7.